The van der Waals surface area contributed by atoms with Gasteiger partial charge in [0.1, 0.15) is 0 Å². The minimum atomic E-state index is 0. The van der Waals surface area contributed by atoms with Crippen LogP contribution in [0.15, 0.2) is 0 Å². The first-order chi connectivity index (χ1) is 8.84. The molecule has 1 atom stereocenters. The number of nitrogens with one attached hydrogen (secondary N) is 1. The molecule has 0 aromatic rings. The summed E-state index contributed by atoms with van der Waals surface area (Å²) < 4.78 is 0. The first-order valence-corrected chi connectivity index (χ1v) is 8.34. The van der Waals surface area contributed by atoms with E-state index in [2.05, 4.69) is 15.1 Å². The van der Waals surface area contributed by atoms with Crippen molar-refractivity contribution < 1.29 is 4.79 Å². The number of amides is 1. The zero-order valence-corrected chi connectivity index (χ0v) is 14.2. The van der Waals surface area contributed by atoms with Crippen LogP contribution in [-0.4, -0.2) is 65.6 Å². The fraction of sp³-hybridized carbons (Fsp3) is 0.923. The second-order valence-corrected chi connectivity index (χ2v) is 6.60. The third kappa shape index (κ3) is 4.17. The smallest absolute Gasteiger partial charge is 0.240 e. The summed E-state index contributed by atoms with van der Waals surface area (Å²) in [6.07, 6.45) is 5.53. The average molecular weight is 342 g/mol. The van der Waals surface area contributed by atoms with Gasteiger partial charge in [-0.3, -0.25) is 15.0 Å². The molecular weight excluding hydrogens is 317 g/mol. The summed E-state index contributed by atoms with van der Waals surface area (Å²) in [6.45, 7) is 4.02. The predicted octanol–water partition coefficient (Wildman–Crippen LogP) is 1.58. The fourth-order valence-corrected chi connectivity index (χ4v) is 4.28. The molecule has 0 bridgehead atoms. The molecule has 1 amide bonds. The van der Waals surface area contributed by atoms with Crippen LogP contribution >= 0.6 is 36.6 Å². The van der Waals surface area contributed by atoms with Crippen LogP contribution in [0.5, 0.6) is 0 Å². The van der Waals surface area contributed by atoms with Crippen molar-refractivity contribution in [2.24, 2.45) is 0 Å². The van der Waals surface area contributed by atoms with Gasteiger partial charge < -0.3 is 4.90 Å². The predicted molar refractivity (Wildman–Crippen MR) is 89.2 cm³/mol. The van der Waals surface area contributed by atoms with E-state index in [1.54, 1.807) is 0 Å². The Kier molecular flexibility index (Phi) is 7.98. The third-order valence-corrected chi connectivity index (χ3v) is 5.42. The molecule has 118 valence electrons. The number of hydrogen-bond acceptors (Lipinski definition) is 4. The highest BCUT2D eigenvalue weighted by atomic mass is 35.5. The number of thioether (sulfide) groups is 1. The molecule has 0 spiro atoms. The largest absolute Gasteiger partial charge is 0.339 e. The van der Waals surface area contributed by atoms with Gasteiger partial charge in [-0.25, -0.2) is 0 Å². The molecule has 4 nitrogen and oxygen atoms in total. The highest BCUT2D eigenvalue weighted by molar-refractivity contribution is 7.99. The number of carbonyl (C=O) groups is 1. The van der Waals surface area contributed by atoms with E-state index in [4.69, 9.17) is 0 Å². The lowest BCUT2D eigenvalue weighted by Crippen LogP contribution is -2.55. The molecule has 1 aliphatic carbocycles. The van der Waals surface area contributed by atoms with Crippen LogP contribution in [0.3, 0.4) is 0 Å². The summed E-state index contributed by atoms with van der Waals surface area (Å²) in [7, 11) is 0. The molecule has 0 aromatic carbocycles. The molecule has 0 radical (unpaired) electrons. The topological polar surface area (TPSA) is 35.6 Å². The van der Waals surface area contributed by atoms with Crippen molar-refractivity contribution in [3.8, 4) is 0 Å². The van der Waals surface area contributed by atoms with E-state index in [0.717, 1.165) is 43.9 Å². The number of carbonyl (C=O) groups excluding carboxylic acids is 1. The molecule has 2 aliphatic heterocycles. The summed E-state index contributed by atoms with van der Waals surface area (Å²) >= 11 is 1.83. The van der Waals surface area contributed by atoms with Gasteiger partial charge in [0.2, 0.25) is 5.91 Å². The normalized spacial score (nSPS) is 28.0. The van der Waals surface area contributed by atoms with E-state index < -0.39 is 0 Å². The zero-order valence-electron chi connectivity index (χ0n) is 11.8. The summed E-state index contributed by atoms with van der Waals surface area (Å²) in [5, 5.41) is 3.28. The van der Waals surface area contributed by atoms with Crippen molar-refractivity contribution in [1.29, 1.82) is 0 Å². The minimum absolute atomic E-state index is 0. The first kappa shape index (κ1) is 18.4. The van der Waals surface area contributed by atoms with Gasteiger partial charge in [0.15, 0.2) is 0 Å². The summed E-state index contributed by atoms with van der Waals surface area (Å²) in [5.41, 5.74) is 0. The van der Waals surface area contributed by atoms with Gasteiger partial charge in [-0.1, -0.05) is 12.8 Å². The molecule has 3 aliphatic rings. The highest BCUT2D eigenvalue weighted by Gasteiger charge is 2.31. The number of nitrogens with zero attached hydrogens (tertiary/aromatic N) is 2. The van der Waals surface area contributed by atoms with Crippen LogP contribution in [-0.2, 0) is 4.79 Å². The van der Waals surface area contributed by atoms with Crippen molar-refractivity contribution in [3.05, 3.63) is 0 Å². The van der Waals surface area contributed by atoms with Crippen molar-refractivity contribution in [2.45, 2.75) is 37.8 Å². The summed E-state index contributed by atoms with van der Waals surface area (Å²) in [5.74, 6) is 2.20. The molecule has 3 fully saturated rings. The molecule has 1 saturated carbocycles. The Labute approximate surface area is 138 Å². The Bertz CT molecular complexity index is 302. The van der Waals surface area contributed by atoms with Crippen LogP contribution in [0.4, 0.5) is 0 Å². The quantitative estimate of drug-likeness (QED) is 0.827. The van der Waals surface area contributed by atoms with E-state index in [1.165, 1.54) is 25.7 Å². The molecular formula is C13H25Cl2N3OS. The first-order valence-electron chi connectivity index (χ1n) is 7.18. The summed E-state index contributed by atoms with van der Waals surface area (Å²) in [4.78, 5) is 16.9. The molecule has 0 aromatic heterocycles. The van der Waals surface area contributed by atoms with Gasteiger partial charge in [-0.15, -0.1) is 36.6 Å². The van der Waals surface area contributed by atoms with E-state index >= 15 is 0 Å². The van der Waals surface area contributed by atoms with E-state index in [9.17, 15) is 4.79 Å². The molecule has 1 unspecified atom stereocenters. The number of halogens is 2. The number of hydrogen-bond donors (Lipinski definition) is 1. The van der Waals surface area contributed by atoms with E-state index in [0.29, 0.717) is 5.91 Å². The van der Waals surface area contributed by atoms with Gasteiger partial charge in [-0.05, 0) is 12.8 Å². The standard InChI is InChI=1S/C13H23N3OS.2ClH/c17-13(12-9-18-10-14-12)16-7-5-15(6-8-16)11-3-1-2-4-11;;/h11-12,14H,1-10H2;2*1H. The third-order valence-electron chi connectivity index (χ3n) is 4.48. The molecule has 20 heavy (non-hydrogen) atoms. The number of piperazine rings is 1. The van der Waals surface area contributed by atoms with Crippen molar-refractivity contribution >= 4 is 42.5 Å². The Morgan fingerprint density at radius 1 is 1.05 bits per heavy atom. The van der Waals surface area contributed by atoms with Gasteiger partial charge in [0, 0.05) is 43.9 Å². The maximum absolute atomic E-state index is 12.3. The van der Waals surface area contributed by atoms with E-state index in [1.807, 2.05) is 11.8 Å². The lowest BCUT2D eigenvalue weighted by Gasteiger charge is -2.38. The van der Waals surface area contributed by atoms with Crippen molar-refractivity contribution in [3.63, 3.8) is 0 Å². The van der Waals surface area contributed by atoms with E-state index in [-0.39, 0.29) is 30.9 Å². The monoisotopic (exact) mass is 341 g/mol. The van der Waals surface area contributed by atoms with Gasteiger partial charge in [-0.2, -0.15) is 0 Å². The molecule has 1 N–H and O–H groups in total. The maximum Gasteiger partial charge on any atom is 0.240 e. The van der Waals surface area contributed by atoms with Gasteiger partial charge in [0.25, 0.3) is 0 Å². The Hall–Kier alpha value is 0.320. The lowest BCUT2D eigenvalue weighted by atomic mass is 10.1. The zero-order chi connectivity index (χ0) is 12.4. The Morgan fingerprint density at radius 3 is 2.25 bits per heavy atom. The molecule has 3 rings (SSSR count). The highest BCUT2D eigenvalue weighted by Crippen LogP contribution is 2.24. The van der Waals surface area contributed by atoms with Crippen LogP contribution in [0.1, 0.15) is 25.7 Å². The molecule has 7 heteroatoms. The minimum Gasteiger partial charge on any atom is -0.339 e. The summed E-state index contributed by atoms with van der Waals surface area (Å²) in [6, 6.07) is 0.885. The van der Waals surface area contributed by atoms with Crippen LogP contribution in [0.2, 0.25) is 0 Å². The van der Waals surface area contributed by atoms with Crippen LogP contribution < -0.4 is 5.32 Å². The van der Waals surface area contributed by atoms with Crippen LogP contribution in [0, 0.1) is 0 Å². The van der Waals surface area contributed by atoms with Gasteiger partial charge >= 0.3 is 0 Å². The van der Waals surface area contributed by atoms with Crippen molar-refractivity contribution in [1.82, 2.24) is 15.1 Å². The van der Waals surface area contributed by atoms with Crippen LogP contribution in [0.25, 0.3) is 0 Å². The van der Waals surface area contributed by atoms with Gasteiger partial charge in [0.05, 0.1) is 6.04 Å². The average Bonchev–Trinajstić information content (AvgIpc) is 3.11. The van der Waals surface area contributed by atoms with Crippen molar-refractivity contribution in [2.75, 3.05) is 37.8 Å². The Morgan fingerprint density at radius 2 is 1.70 bits per heavy atom. The molecule has 2 saturated heterocycles. The SMILES string of the molecule is Cl.Cl.O=C(C1CSCN1)N1CCN(C2CCCC2)CC1. The lowest BCUT2D eigenvalue weighted by molar-refractivity contribution is -0.134. The molecule has 2 heterocycles. The fourth-order valence-electron chi connectivity index (χ4n) is 3.35. The number of rotatable bonds is 2. The second-order valence-electron chi connectivity index (χ2n) is 5.57. The maximum atomic E-state index is 12.3. The second kappa shape index (κ2) is 8.69. The Balaban J connectivity index is 0.000001000.